The molecule has 26 heavy (non-hydrogen) atoms. The van der Waals surface area contributed by atoms with E-state index < -0.39 is 0 Å². The van der Waals surface area contributed by atoms with Crippen LogP contribution in [0.25, 0.3) is 0 Å². The molecule has 0 radical (unpaired) electrons. The third kappa shape index (κ3) is 18.5. The summed E-state index contributed by atoms with van der Waals surface area (Å²) in [4.78, 5) is 0. The first-order valence-electron chi connectivity index (χ1n) is 10.3. The Labute approximate surface area is 160 Å². The van der Waals surface area contributed by atoms with Gasteiger partial charge in [-0.15, -0.1) is 0 Å². The molecular formula is C20H42O6. The van der Waals surface area contributed by atoms with Crippen molar-refractivity contribution in [3.63, 3.8) is 0 Å². The summed E-state index contributed by atoms with van der Waals surface area (Å²) in [5, 5.41) is 0. The molecule has 0 aromatic carbocycles. The molecule has 0 fully saturated rings. The molecule has 0 aromatic rings. The van der Waals surface area contributed by atoms with E-state index in [9.17, 15) is 0 Å². The van der Waals surface area contributed by atoms with Crippen LogP contribution in [0.5, 0.6) is 0 Å². The number of rotatable bonds is 21. The summed E-state index contributed by atoms with van der Waals surface area (Å²) in [7, 11) is 0. The van der Waals surface area contributed by atoms with Crippen LogP contribution < -0.4 is 0 Å². The molecule has 0 bridgehead atoms. The first-order chi connectivity index (χ1) is 12.7. The molecule has 0 aliphatic carbocycles. The van der Waals surface area contributed by atoms with Crippen LogP contribution in [0.2, 0.25) is 0 Å². The molecule has 158 valence electrons. The zero-order valence-corrected chi connectivity index (χ0v) is 17.5. The fourth-order valence-electron chi connectivity index (χ4n) is 2.02. The third-order valence-corrected chi connectivity index (χ3v) is 3.59. The lowest BCUT2D eigenvalue weighted by molar-refractivity contribution is -0.179. The summed E-state index contributed by atoms with van der Waals surface area (Å²) in [6.45, 7) is 14.7. The molecule has 0 spiro atoms. The average molecular weight is 379 g/mol. The summed E-state index contributed by atoms with van der Waals surface area (Å²) >= 11 is 0. The van der Waals surface area contributed by atoms with Crippen LogP contribution in [0.4, 0.5) is 0 Å². The Balaban J connectivity index is 3.45. The standard InChI is InChI=1S/C20H42O6/c1-5-7-9-21-11-13-23-15-17-25-20(19(3)4)26-18-16-24-14-12-22-10-8-6-2/h19-20H,5-18H2,1-4H3. The van der Waals surface area contributed by atoms with E-state index in [0.717, 1.165) is 38.9 Å². The van der Waals surface area contributed by atoms with Gasteiger partial charge in [0.1, 0.15) is 0 Å². The lowest BCUT2D eigenvalue weighted by Gasteiger charge is -2.22. The van der Waals surface area contributed by atoms with Gasteiger partial charge in [-0.25, -0.2) is 0 Å². The fraction of sp³-hybridized carbons (Fsp3) is 1.00. The van der Waals surface area contributed by atoms with Gasteiger partial charge >= 0.3 is 0 Å². The smallest absolute Gasteiger partial charge is 0.160 e. The van der Waals surface area contributed by atoms with Gasteiger partial charge in [0.2, 0.25) is 0 Å². The van der Waals surface area contributed by atoms with Crippen molar-refractivity contribution in [2.75, 3.05) is 66.1 Å². The molecule has 6 nitrogen and oxygen atoms in total. The summed E-state index contributed by atoms with van der Waals surface area (Å²) in [6, 6.07) is 0. The monoisotopic (exact) mass is 378 g/mol. The summed E-state index contributed by atoms with van der Waals surface area (Å²) in [5.74, 6) is 0.282. The van der Waals surface area contributed by atoms with E-state index in [1.165, 1.54) is 0 Å². The number of hydrogen-bond acceptors (Lipinski definition) is 6. The van der Waals surface area contributed by atoms with Gasteiger partial charge in [0.05, 0.1) is 52.9 Å². The predicted octanol–water partition coefficient (Wildman–Crippen LogP) is 3.67. The van der Waals surface area contributed by atoms with Crippen molar-refractivity contribution >= 4 is 0 Å². The molecule has 0 rings (SSSR count). The first-order valence-corrected chi connectivity index (χ1v) is 10.3. The van der Waals surface area contributed by atoms with Gasteiger partial charge in [0.15, 0.2) is 6.29 Å². The van der Waals surface area contributed by atoms with Crippen LogP contribution in [-0.2, 0) is 28.4 Å². The Morgan fingerprint density at radius 3 is 1.19 bits per heavy atom. The second-order valence-corrected chi connectivity index (χ2v) is 6.51. The molecular weight excluding hydrogens is 336 g/mol. The Morgan fingerprint density at radius 1 is 0.500 bits per heavy atom. The SMILES string of the molecule is CCCCOCCOCCOC(OCCOCCOCCCC)C(C)C. The van der Waals surface area contributed by atoms with Gasteiger partial charge in [-0.1, -0.05) is 40.5 Å². The molecule has 0 unspecified atom stereocenters. The van der Waals surface area contributed by atoms with Crippen molar-refractivity contribution in [3.05, 3.63) is 0 Å². The van der Waals surface area contributed by atoms with E-state index >= 15 is 0 Å². The maximum Gasteiger partial charge on any atom is 0.160 e. The summed E-state index contributed by atoms with van der Waals surface area (Å²) in [5.41, 5.74) is 0. The topological polar surface area (TPSA) is 55.4 Å². The van der Waals surface area contributed by atoms with Crippen LogP contribution in [-0.4, -0.2) is 72.4 Å². The lowest BCUT2D eigenvalue weighted by Crippen LogP contribution is -2.27. The minimum atomic E-state index is -0.233. The van der Waals surface area contributed by atoms with Crippen LogP contribution in [0.15, 0.2) is 0 Å². The highest BCUT2D eigenvalue weighted by atomic mass is 16.7. The quantitative estimate of drug-likeness (QED) is 0.224. The highest BCUT2D eigenvalue weighted by Crippen LogP contribution is 2.08. The Hall–Kier alpha value is -0.240. The van der Waals surface area contributed by atoms with Crippen LogP contribution in [0.1, 0.15) is 53.4 Å². The average Bonchev–Trinajstić information content (AvgIpc) is 2.63. The number of ether oxygens (including phenoxy) is 6. The van der Waals surface area contributed by atoms with E-state index in [-0.39, 0.29) is 12.2 Å². The predicted molar refractivity (Wildman–Crippen MR) is 104 cm³/mol. The lowest BCUT2D eigenvalue weighted by atomic mass is 10.2. The van der Waals surface area contributed by atoms with Crippen molar-refractivity contribution in [2.24, 2.45) is 5.92 Å². The first kappa shape index (κ1) is 25.8. The highest BCUT2D eigenvalue weighted by molar-refractivity contribution is 4.51. The van der Waals surface area contributed by atoms with E-state index in [1.807, 2.05) is 0 Å². The second-order valence-electron chi connectivity index (χ2n) is 6.51. The normalized spacial score (nSPS) is 11.8. The van der Waals surface area contributed by atoms with E-state index in [1.54, 1.807) is 0 Å². The van der Waals surface area contributed by atoms with Crippen molar-refractivity contribution in [3.8, 4) is 0 Å². The van der Waals surface area contributed by atoms with Gasteiger partial charge in [-0.2, -0.15) is 0 Å². The number of unbranched alkanes of at least 4 members (excludes halogenated alkanes) is 2. The van der Waals surface area contributed by atoms with Crippen LogP contribution in [0, 0.1) is 5.92 Å². The second kappa shape index (κ2) is 21.1. The van der Waals surface area contributed by atoms with E-state index in [0.29, 0.717) is 52.9 Å². The Morgan fingerprint density at radius 2 is 0.846 bits per heavy atom. The third-order valence-electron chi connectivity index (χ3n) is 3.59. The van der Waals surface area contributed by atoms with Crippen molar-refractivity contribution in [2.45, 2.75) is 59.7 Å². The molecule has 0 aliphatic rings. The van der Waals surface area contributed by atoms with Gasteiger partial charge in [0.25, 0.3) is 0 Å². The van der Waals surface area contributed by atoms with Crippen LogP contribution >= 0.6 is 0 Å². The minimum Gasteiger partial charge on any atom is -0.379 e. The number of hydrogen-bond donors (Lipinski definition) is 0. The molecule has 0 heterocycles. The molecule has 0 atom stereocenters. The van der Waals surface area contributed by atoms with Crippen molar-refractivity contribution in [1.82, 2.24) is 0 Å². The zero-order chi connectivity index (χ0) is 19.3. The molecule has 0 saturated heterocycles. The minimum absolute atomic E-state index is 0.233. The van der Waals surface area contributed by atoms with Gasteiger partial charge in [-0.05, 0) is 12.8 Å². The molecule has 6 heteroatoms. The van der Waals surface area contributed by atoms with Crippen molar-refractivity contribution < 1.29 is 28.4 Å². The summed E-state index contributed by atoms with van der Waals surface area (Å²) < 4.78 is 33.4. The molecule has 0 saturated carbocycles. The van der Waals surface area contributed by atoms with Gasteiger partial charge in [0, 0.05) is 19.1 Å². The largest absolute Gasteiger partial charge is 0.379 e. The maximum absolute atomic E-state index is 5.75. The van der Waals surface area contributed by atoms with Crippen molar-refractivity contribution in [1.29, 1.82) is 0 Å². The Bertz CT molecular complexity index is 241. The van der Waals surface area contributed by atoms with Gasteiger partial charge in [-0.3, -0.25) is 0 Å². The van der Waals surface area contributed by atoms with E-state index in [4.69, 9.17) is 28.4 Å². The highest BCUT2D eigenvalue weighted by Gasteiger charge is 2.14. The summed E-state index contributed by atoms with van der Waals surface area (Å²) in [6.07, 6.45) is 4.29. The van der Waals surface area contributed by atoms with E-state index in [2.05, 4.69) is 27.7 Å². The maximum atomic E-state index is 5.75. The van der Waals surface area contributed by atoms with Crippen LogP contribution in [0.3, 0.4) is 0 Å². The molecule has 0 aromatic heterocycles. The zero-order valence-electron chi connectivity index (χ0n) is 17.5. The molecule has 0 amide bonds. The fourth-order valence-corrected chi connectivity index (χ4v) is 2.02. The molecule has 0 aliphatic heterocycles. The molecule has 0 N–H and O–H groups in total. The Kier molecular flexibility index (Phi) is 20.9. The van der Waals surface area contributed by atoms with Gasteiger partial charge < -0.3 is 28.4 Å².